The van der Waals surface area contributed by atoms with Crippen molar-refractivity contribution < 1.29 is 37.0 Å². The van der Waals surface area contributed by atoms with Crippen molar-refractivity contribution in [2.24, 2.45) is 0 Å². The highest BCUT2D eigenvalue weighted by atomic mass is 19.4. The first kappa shape index (κ1) is 23.0. The van der Waals surface area contributed by atoms with Crippen LogP contribution in [0.4, 0.5) is 22.4 Å². The summed E-state index contributed by atoms with van der Waals surface area (Å²) in [5, 5.41) is 13.2. The van der Waals surface area contributed by atoms with Gasteiger partial charge in [0.15, 0.2) is 0 Å². The van der Waals surface area contributed by atoms with E-state index in [1.54, 1.807) is 12.1 Å². The number of ether oxygens (including phenoxy) is 1. The smallest absolute Gasteiger partial charge is 0.430 e. The van der Waals surface area contributed by atoms with Crippen LogP contribution in [-0.2, 0) is 15.1 Å². The summed E-state index contributed by atoms with van der Waals surface area (Å²) in [7, 11) is 0. The standard InChI is InChI=1S/C23H22F4N2O4/c24-17-8-6-15(7-9-17)18-14-28-20(31)33-21(18)10-12-29(13-11-21)19(30)22(32,23(25,26)27)16-4-2-1-3-5-16/h1-9,18,32H,10-14H2,(H,28,31)/t18?,22-/m1/s1. The molecule has 10 heteroatoms. The van der Waals surface area contributed by atoms with Gasteiger partial charge in [0, 0.05) is 44.0 Å². The Labute approximate surface area is 187 Å². The number of nitrogens with zero attached hydrogens (tertiary/aromatic N) is 1. The molecule has 33 heavy (non-hydrogen) atoms. The molecule has 2 amide bonds. The van der Waals surface area contributed by atoms with E-state index in [0.717, 1.165) is 17.0 Å². The minimum atomic E-state index is -5.24. The van der Waals surface area contributed by atoms with E-state index in [0.29, 0.717) is 5.56 Å². The zero-order chi connectivity index (χ0) is 23.9. The summed E-state index contributed by atoms with van der Waals surface area (Å²) in [4.78, 5) is 25.9. The number of piperidine rings is 1. The second kappa shape index (κ2) is 8.33. The number of carbonyl (C=O) groups is 2. The molecule has 1 spiro atoms. The lowest BCUT2D eigenvalue weighted by Crippen LogP contribution is -2.62. The Morgan fingerprint density at radius 3 is 2.24 bits per heavy atom. The van der Waals surface area contributed by atoms with E-state index in [9.17, 15) is 32.3 Å². The third-order valence-electron chi connectivity index (χ3n) is 6.46. The largest absolute Gasteiger partial charge is 0.442 e. The number of hydrogen-bond donors (Lipinski definition) is 2. The summed E-state index contributed by atoms with van der Waals surface area (Å²) < 4.78 is 60.7. The number of rotatable bonds is 3. The van der Waals surface area contributed by atoms with Gasteiger partial charge in [-0.15, -0.1) is 0 Å². The molecule has 4 rings (SSSR count). The Morgan fingerprint density at radius 2 is 1.67 bits per heavy atom. The number of likely N-dealkylation sites (tertiary alicyclic amines) is 1. The van der Waals surface area contributed by atoms with Crippen molar-refractivity contribution in [1.29, 1.82) is 0 Å². The van der Waals surface area contributed by atoms with Crippen molar-refractivity contribution in [2.45, 2.75) is 36.1 Å². The lowest BCUT2D eigenvalue weighted by Gasteiger charge is -2.49. The quantitative estimate of drug-likeness (QED) is 0.680. The van der Waals surface area contributed by atoms with E-state index in [1.165, 1.54) is 30.3 Å². The van der Waals surface area contributed by atoms with Gasteiger partial charge in [0.05, 0.1) is 0 Å². The summed E-state index contributed by atoms with van der Waals surface area (Å²) in [6, 6.07) is 11.9. The minimum absolute atomic E-state index is 0.0664. The summed E-state index contributed by atoms with van der Waals surface area (Å²) in [6.07, 6.45) is -5.77. The third-order valence-corrected chi connectivity index (χ3v) is 6.46. The van der Waals surface area contributed by atoms with Crippen LogP contribution in [0.1, 0.15) is 29.9 Å². The molecule has 176 valence electrons. The van der Waals surface area contributed by atoms with Gasteiger partial charge >= 0.3 is 12.3 Å². The fourth-order valence-corrected chi connectivity index (χ4v) is 4.64. The molecule has 2 aliphatic heterocycles. The molecule has 0 radical (unpaired) electrons. The maximum Gasteiger partial charge on any atom is 0.430 e. The number of carbonyl (C=O) groups excluding carboxylic acids is 2. The molecule has 2 aliphatic rings. The van der Waals surface area contributed by atoms with Crippen LogP contribution in [0.5, 0.6) is 0 Å². The molecule has 6 nitrogen and oxygen atoms in total. The van der Waals surface area contributed by atoms with Crippen molar-refractivity contribution >= 4 is 12.0 Å². The minimum Gasteiger partial charge on any atom is -0.442 e. The first-order valence-electron chi connectivity index (χ1n) is 10.4. The van der Waals surface area contributed by atoms with Gasteiger partial charge in [0.1, 0.15) is 11.4 Å². The Morgan fingerprint density at radius 1 is 1.06 bits per heavy atom. The van der Waals surface area contributed by atoms with Gasteiger partial charge in [-0.3, -0.25) is 4.79 Å². The molecule has 0 aromatic heterocycles. The van der Waals surface area contributed by atoms with Crippen molar-refractivity contribution in [3.63, 3.8) is 0 Å². The second-order valence-corrected chi connectivity index (χ2v) is 8.31. The lowest BCUT2D eigenvalue weighted by atomic mass is 9.74. The van der Waals surface area contributed by atoms with Crippen LogP contribution in [0.3, 0.4) is 0 Å². The number of amides is 2. The number of nitrogens with one attached hydrogen (secondary N) is 1. The summed E-state index contributed by atoms with van der Waals surface area (Å²) in [6.45, 7) is -0.112. The summed E-state index contributed by atoms with van der Waals surface area (Å²) in [5.74, 6) is -2.29. The van der Waals surface area contributed by atoms with Crippen molar-refractivity contribution in [2.75, 3.05) is 19.6 Å². The number of alkyl carbamates (subject to hydrolysis) is 1. The lowest BCUT2D eigenvalue weighted by molar-refractivity contribution is -0.262. The molecule has 0 aliphatic carbocycles. The zero-order valence-corrected chi connectivity index (χ0v) is 17.4. The Bertz CT molecular complexity index is 1020. The molecule has 2 aromatic carbocycles. The van der Waals surface area contributed by atoms with E-state index in [4.69, 9.17) is 4.74 Å². The van der Waals surface area contributed by atoms with Gasteiger partial charge in [0.2, 0.25) is 0 Å². The Hall–Kier alpha value is -3.14. The van der Waals surface area contributed by atoms with Crippen LogP contribution in [0.25, 0.3) is 0 Å². The summed E-state index contributed by atoms with van der Waals surface area (Å²) >= 11 is 0. The number of benzene rings is 2. The highest BCUT2D eigenvalue weighted by Crippen LogP contribution is 2.45. The van der Waals surface area contributed by atoms with Gasteiger partial charge in [-0.05, 0) is 17.7 Å². The Balaban J connectivity index is 1.59. The normalized spacial score (nSPS) is 22.3. The van der Waals surface area contributed by atoms with Gasteiger partial charge in [-0.2, -0.15) is 13.2 Å². The first-order valence-corrected chi connectivity index (χ1v) is 10.4. The summed E-state index contributed by atoms with van der Waals surface area (Å²) in [5.41, 5.74) is -4.63. The van der Waals surface area contributed by atoms with Gasteiger partial charge in [-0.1, -0.05) is 42.5 Å². The highest BCUT2D eigenvalue weighted by molar-refractivity contribution is 5.87. The van der Waals surface area contributed by atoms with Crippen molar-refractivity contribution in [3.05, 3.63) is 71.5 Å². The zero-order valence-electron chi connectivity index (χ0n) is 17.4. The Kier molecular flexibility index (Phi) is 5.81. The van der Waals surface area contributed by atoms with E-state index in [2.05, 4.69) is 5.32 Å². The predicted molar refractivity (Wildman–Crippen MR) is 109 cm³/mol. The van der Waals surface area contributed by atoms with Crippen LogP contribution in [0, 0.1) is 5.82 Å². The molecule has 2 heterocycles. The molecule has 0 saturated carbocycles. The molecule has 1 unspecified atom stereocenters. The van der Waals surface area contributed by atoms with E-state index in [1.807, 2.05) is 0 Å². The molecule has 2 atom stereocenters. The highest BCUT2D eigenvalue weighted by Gasteiger charge is 2.62. The SMILES string of the molecule is O=C1NCC(c2ccc(F)cc2)C2(CCN(C(=O)[C@](O)(c3ccccc3)C(F)(F)F)CC2)O1. The number of hydrogen-bond acceptors (Lipinski definition) is 4. The van der Waals surface area contributed by atoms with E-state index >= 15 is 0 Å². The first-order chi connectivity index (χ1) is 15.6. The molecule has 2 aromatic rings. The molecule has 0 bridgehead atoms. The number of alkyl halides is 3. The van der Waals surface area contributed by atoms with Gasteiger partial charge in [-0.25, -0.2) is 9.18 Å². The van der Waals surface area contributed by atoms with Crippen LogP contribution in [0.2, 0.25) is 0 Å². The second-order valence-electron chi connectivity index (χ2n) is 8.31. The molecule has 2 saturated heterocycles. The topological polar surface area (TPSA) is 78.9 Å². The monoisotopic (exact) mass is 466 g/mol. The maximum absolute atomic E-state index is 13.9. The van der Waals surface area contributed by atoms with Crippen molar-refractivity contribution in [3.8, 4) is 0 Å². The average molecular weight is 466 g/mol. The van der Waals surface area contributed by atoms with Gasteiger partial charge < -0.3 is 20.1 Å². The molecule has 2 N–H and O–H groups in total. The van der Waals surface area contributed by atoms with E-state index in [-0.39, 0.29) is 38.4 Å². The van der Waals surface area contributed by atoms with E-state index < -0.39 is 40.8 Å². The van der Waals surface area contributed by atoms with Crippen LogP contribution >= 0.6 is 0 Å². The number of aliphatic hydroxyl groups is 1. The fourth-order valence-electron chi connectivity index (χ4n) is 4.64. The maximum atomic E-state index is 13.9. The van der Waals surface area contributed by atoms with Crippen molar-refractivity contribution in [1.82, 2.24) is 10.2 Å². The van der Waals surface area contributed by atoms with Crippen LogP contribution < -0.4 is 5.32 Å². The molecular formula is C23H22F4N2O4. The fraction of sp³-hybridized carbons (Fsp3) is 0.391. The third kappa shape index (κ3) is 4.03. The molecule has 2 fully saturated rings. The molecular weight excluding hydrogens is 444 g/mol. The average Bonchev–Trinajstić information content (AvgIpc) is 2.79. The number of halogens is 4. The van der Waals surface area contributed by atoms with Gasteiger partial charge in [0.25, 0.3) is 11.5 Å². The van der Waals surface area contributed by atoms with Crippen LogP contribution in [0.15, 0.2) is 54.6 Å². The predicted octanol–water partition coefficient (Wildman–Crippen LogP) is 3.46. The van der Waals surface area contributed by atoms with Crippen LogP contribution in [-0.4, -0.2) is 53.4 Å².